The Morgan fingerprint density at radius 2 is 1.65 bits per heavy atom. The molecule has 1 saturated heterocycles. The van der Waals surface area contributed by atoms with E-state index in [1.165, 1.54) is 5.56 Å². The van der Waals surface area contributed by atoms with Crippen molar-refractivity contribution in [3.63, 3.8) is 0 Å². The minimum Gasteiger partial charge on any atom is -0.388 e. The van der Waals surface area contributed by atoms with Crippen molar-refractivity contribution in [2.75, 3.05) is 47.8 Å². The molecule has 1 aliphatic heterocycles. The monoisotopic (exact) mass is 318 g/mol. The molecule has 0 atom stereocenters. The van der Waals surface area contributed by atoms with Gasteiger partial charge in [-0.1, -0.05) is 30.3 Å². The highest BCUT2D eigenvalue weighted by atomic mass is 16.3. The topological polar surface area (TPSA) is 42.3 Å². The van der Waals surface area contributed by atoms with E-state index >= 15 is 0 Å². The van der Waals surface area contributed by atoms with Crippen LogP contribution in [0.2, 0.25) is 0 Å². The number of aliphatic imine (C=N–C) groups is 1. The molecule has 0 saturated carbocycles. The third-order valence-corrected chi connectivity index (χ3v) is 4.35. The molecule has 0 bridgehead atoms. The van der Waals surface area contributed by atoms with E-state index in [4.69, 9.17) is 0 Å². The average Bonchev–Trinajstić information content (AvgIpc) is 2.50. The van der Waals surface area contributed by atoms with E-state index in [9.17, 15) is 5.11 Å². The van der Waals surface area contributed by atoms with Crippen molar-refractivity contribution in [3.05, 3.63) is 35.9 Å². The highest BCUT2D eigenvalue weighted by Crippen LogP contribution is 2.24. The summed E-state index contributed by atoms with van der Waals surface area (Å²) in [7, 11) is 7.91. The molecule has 1 N–H and O–H groups in total. The van der Waals surface area contributed by atoms with Gasteiger partial charge in [-0.15, -0.1) is 0 Å². The van der Waals surface area contributed by atoms with Gasteiger partial charge < -0.3 is 14.9 Å². The van der Waals surface area contributed by atoms with Gasteiger partial charge in [-0.2, -0.15) is 0 Å². The van der Waals surface area contributed by atoms with Crippen molar-refractivity contribution < 1.29 is 5.11 Å². The quantitative estimate of drug-likeness (QED) is 0.675. The van der Waals surface area contributed by atoms with E-state index in [0.29, 0.717) is 6.54 Å². The first kappa shape index (κ1) is 17.8. The second-order valence-corrected chi connectivity index (χ2v) is 6.89. The van der Waals surface area contributed by atoms with Crippen LogP contribution in [0.5, 0.6) is 0 Å². The molecule has 0 amide bonds. The van der Waals surface area contributed by atoms with Gasteiger partial charge in [0.15, 0.2) is 5.96 Å². The number of benzene rings is 1. The van der Waals surface area contributed by atoms with Crippen LogP contribution in [-0.4, -0.2) is 79.2 Å². The van der Waals surface area contributed by atoms with Crippen LogP contribution in [0.1, 0.15) is 18.4 Å². The van der Waals surface area contributed by atoms with Crippen LogP contribution in [-0.2, 0) is 6.54 Å². The predicted octanol–water partition coefficient (Wildman–Crippen LogP) is 1.49. The van der Waals surface area contributed by atoms with E-state index < -0.39 is 5.60 Å². The maximum Gasteiger partial charge on any atom is 0.195 e. The summed E-state index contributed by atoms with van der Waals surface area (Å²) in [5.74, 6) is 0.894. The normalized spacial score (nSPS) is 17.6. The molecule has 1 aromatic rings. The van der Waals surface area contributed by atoms with Crippen molar-refractivity contribution in [3.8, 4) is 0 Å². The lowest BCUT2D eigenvalue weighted by atomic mass is 9.91. The lowest BCUT2D eigenvalue weighted by molar-refractivity contribution is -0.0152. The van der Waals surface area contributed by atoms with Crippen LogP contribution in [0.25, 0.3) is 0 Å². The highest BCUT2D eigenvalue weighted by Gasteiger charge is 2.32. The van der Waals surface area contributed by atoms with Crippen molar-refractivity contribution in [1.29, 1.82) is 0 Å². The third kappa shape index (κ3) is 5.22. The van der Waals surface area contributed by atoms with Crippen LogP contribution in [0.15, 0.2) is 35.3 Å². The first-order valence-electron chi connectivity index (χ1n) is 8.27. The van der Waals surface area contributed by atoms with Gasteiger partial charge in [0.2, 0.25) is 0 Å². The largest absolute Gasteiger partial charge is 0.388 e. The molecule has 2 rings (SSSR count). The highest BCUT2D eigenvalue weighted by molar-refractivity contribution is 5.79. The van der Waals surface area contributed by atoms with Crippen LogP contribution >= 0.6 is 0 Å². The summed E-state index contributed by atoms with van der Waals surface area (Å²) in [5, 5.41) is 10.8. The summed E-state index contributed by atoms with van der Waals surface area (Å²) in [5.41, 5.74) is 0.656. The van der Waals surface area contributed by atoms with Crippen molar-refractivity contribution >= 4 is 5.96 Å². The Morgan fingerprint density at radius 3 is 2.17 bits per heavy atom. The van der Waals surface area contributed by atoms with Crippen LogP contribution in [0.4, 0.5) is 0 Å². The number of hydrogen-bond acceptors (Lipinski definition) is 3. The second-order valence-electron chi connectivity index (χ2n) is 6.89. The zero-order chi connectivity index (χ0) is 16.9. The van der Waals surface area contributed by atoms with Gasteiger partial charge in [-0.25, -0.2) is 4.99 Å². The molecule has 1 fully saturated rings. The number of hydrogen-bond donors (Lipinski definition) is 1. The Kier molecular flexibility index (Phi) is 6.02. The van der Waals surface area contributed by atoms with E-state index in [1.54, 1.807) is 0 Å². The van der Waals surface area contributed by atoms with Crippen LogP contribution in [0.3, 0.4) is 0 Å². The summed E-state index contributed by atoms with van der Waals surface area (Å²) in [6, 6.07) is 10.5. The van der Waals surface area contributed by atoms with Gasteiger partial charge in [0, 0.05) is 47.8 Å². The summed E-state index contributed by atoms with van der Waals surface area (Å²) in [4.78, 5) is 11.0. The van der Waals surface area contributed by atoms with E-state index in [-0.39, 0.29) is 0 Å². The average molecular weight is 318 g/mol. The van der Waals surface area contributed by atoms with Crippen LogP contribution in [0, 0.1) is 0 Å². The maximum absolute atomic E-state index is 10.8. The van der Waals surface area contributed by atoms with Gasteiger partial charge >= 0.3 is 0 Å². The number of rotatable bonds is 4. The lowest BCUT2D eigenvalue weighted by Gasteiger charge is -2.37. The lowest BCUT2D eigenvalue weighted by Crippen LogP contribution is -2.46. The first-order valence-corrected chi connectivity index (χ1v) is 8.27. The molecule has 0 aromatic heterocycles. The van der Waals surface area contributed by atoms with E-state index in [0.717, 1.165) is 38.4 Å². The number of piperidine rings is 1. The molecule has 5 nitrogen and oxygen atoms in total. The zero-order valence-electron chi connectivity index (χ0n) is 14.9. The van der Waals surface area contributed by atoms with Gasteiger partial charge in [-0.05, 0) is 18.4 Å². The van der Waals surface area contributed by atoms with Gasteiger partial charge in [0.05, 0.1) is 12.1 Å². The molecule has 0 unspecified atom stereocenters. The van der Waals surface area contributed by atoms with Crippen molar-refractivity contribution in [1.82, 2.24) is 14.7 Å². The smallest absolute Gasteiger partial charge is 0.195 e. The summed E-state index contributed by atoms with van der Waals surface area (Å²) < 4.78 is 0. The molecule has 0 spiro atoms. The fourth-order valence-corrected chi connectivity index (χ4v) is 3.03. The molecular weight excluding hydrogens is 288 g/mol. The molecule has 5 heteroatoms. The summed E-state index contributed by atoms with van der Waals surface area (Å²) >= 11 is 0. The second kappa shape index (κ2) is 7.79. The molecule has 0 radical (unpaired) electrons. The molecule has 128 valence electrons. The number of guanidine groups is 1. The standard InChI is InChI=1S/C18H30N4O/c1-20(2)17(21(3)4)19-15-18(23)10-12-22(13-11-18)14-16-8-6-5-7-9-16/h5-9,23H,10-15H2,1-4H3. The molecule has 0 aliphatic carbocycles. The van der Waals surface area contributed by atoms with Gasteiger partial charge in [0.25, 0.3) is 0 Å². The predicted molar refractivity (Wildman–Crippen MR) is 95.6 cm³/mol. The SMILES string of the molecule is CN(C)C(=NCC1(O)CCN(Cc2ccccc2)CC1)N(C)C. The Morgan fingerprint density at radius 1 is 1.09 bits per heavy atom. The number of aliphatic hydroxyl groups is 1. The molecule has 23 heavy (non-hydrogen) atoms. The van der Waals surface area contributed by atoms with E-state index in [1.807, 2.05) is 44.1 Å². The fraction of sp³-hybridized carbons (Fsp3) is 0.611. The Balaban J connectivity index is 1.88. The van der Waals surface area contributed by atoms with Crippen molar-refractivity contribution in [2.24, 2.45) is 4.99 Å². The third-order valence-electron chi connectivity index (χ3n) is 4.35. The fourth-order valence-electron chi connectivity index (χ4n) is 3.03. The number of likely N-dealkylation sites (tertiary alicyclic amines) is 1. The minimum absolute atomic E-state index is 0.470. The van der Waals surface area contributed by atoms with E-state index in [2.05, 4.69) is 34.2 Å². The summed E-state index contributed by atoms with van der Waals surface area (Å²) in [6.45, 7) is 3.26. The number of nitrogens with zero attached hydrogens (tertiary/aromatic N) is 4. The maximum atomic E-state index is 10.8. The molecule has 1 aromatic carbocycles. The van der Waals surface area contributed by atoms with Gasteiger partial charge in [-0.3, -0.25) is 4.90 Å². The van der Waals surface area contributed by atoms with Crippen molar-refractivity contribution in [2.45, 2.75) is 25.0 Å². The summed E-state index contributed by atoms with van der Waals surface area (Å²) in [6.07, 6.45) is 1.55. The Labute approximate surface area is 140 Å². The molecule has 1 heterocycles. The minimum atomic E-state index is -0.676. The Bertz CT molecular complexity index is 495. The zero-order valence-corrected chi connectivity index (χ0v) is 14.9. The van der Waals surface area contributed by atoms with Gasteiger partial charge in [0.1, 0.15) is 0 Å². The van der Waals surface area contributed by atoms with Crippen LogP contribution < -0.4 is 0 Å². The molecule has 1 aliphatic rings. The Hall–Kier alpha value is -1.59. The first-order chi connectivity index (χ1) is 10.9. The molecular formula is C18H30N4O.